The summed E-state index contributed by atoms with van der Waals surface area (Å²) in [6.45, 7) is 10.0. The molecule has 5 atom stereocenters. The van der Waals surface area contributed by atoms with E-state index in [-0.39, 0.29) is 11.5 Å². The number of hydrogen-bond donors (Lipinski definition) is 0. The molecule has 2 heterocycles. The van der Waals surface area contributed by atoms with Crippen molar-refractivity contribution >= 4 is 17.9 Å². The molecule has 2 aliphatic heterocycles. The van der Waals surface area contributed by atoms with Gasteiger partial charge in [0, 0.05) is 0 Å². The van der Waals surface area contributed by atoms with Gasteiger partial charge in [0.2, 0.25) is 0 Å². The van der Waals surface area contributed by atoms with Gasteiger partial charge in [0.15, 0.2) is 0 Å². The van der Waals surface area contributed by atoms with E-state index in [2.05, 4.69) is 91.4 Å². The molecule has 0 N–H and O–H groups in total. The number of benzene rings is 1. The Hall–Kier alpha value is -1.60. The maximum atomic E-state index is 6.35. The Bertz CT molecular complexity index is 812. The van der Waals surface area contributed by atoms with Crippen LogP contribution in [0.2, 0.25) is 4.71 Å². The predicted molar refractivity (Wildman–Crippen MR) is 120 cm³/mol. The fraction of sp³-hybridized carbons (Fsp3) is 0.520. The fourth-order valence-electron chi connectivity index (χ4n) is 4.51. The van der Waals surface area contributed by atoms with Crippen molar-refractivity contribution in [2.75, 3.05) is 13.6 Å². The Balaban J connectivity index is 2.04. The van der Waals surface area contributed by atoms with Crippen molar-refractivity contribution in [2.24, 2.45) is 11.8 Å². The minimum absolute atomic E-state index is 0.166. The number of hydrogen-bond acceptors (Lipinski definition) is 2. The van der Waals surface area contributed by atoms with Gasteiger partial charge in [-0.1, -0.05) is 0 Å². The SMILES string of the molecule is C#C[As](C#CC1C=COC(C)(C)C1)(c1ccccc1)C1CC(C)N(C)CC1C. The van der Waals surface area contributed by atoms with E-state index in [0.717, 1.165) is 19.4 Å². The van der Waals surface area contributed by atoms with Crippen LogP contribution >= 0.6 is 0 Å². The van der Waals surface area contributed by atoms with Crippen LogP contribution in [0.4, 0.5) is 0 Å². The first-order chi connectivity index (χ1) is 13.3. The molecule has 5 unspecified atom stereocenters. The Labute approximate surface area is 174 Å². The molecule has 28 heavy (non-hydrogen) atoms. The number of ether oxygens (including phenoxy) is 1. The first-order valence-electron chi connectivity index (χ1n) is 10.3. The van der Waals surface area contributed by atoms with Gasteiger partial charge in [-0.3, -0.25) is 0 Å². The normalized spacial score (nSPS) is 31.6. The second kappa shape index (κ2) is 8.41. The van der Waals surface area contributed by atoms with Gasteiger partial charge in [-0.15, -0.1) is 0 Å². The van der Waals surface area contributed by atoms with E-state index in [4.69, 9.17) is 11.2 Å². The number of piperidine rings is 1. The molecule has 2 aliphatic rings. The molecule has 1 saturated heterocycles. The van der Waals surface area contributed by atoms with Gasteiger partial charge in [0.25, 0.3) is 0 Å². The van der Waals surface area contributed by atoms with Crippen molar-refractivity contribution < 1.29 is 4.74 Å². The van der Waals surface area contributed by atoms with Crippen LogP contribution in [0.1, 0.15) is 40.5 Å². The van der Waals surface area contributed by atoms with Crippen molar-refractivity contribution in [1.82, 2.24) is 4.90 Å². The Morgan fingerprint density at radius 3 is 2.57 bits per heavy atom. The fourth-order valence-corrected chi connectivity index (χ4v) is 12.0. The Morgan fingerprint density at radius 1 is 1.21 bits per heavy atom. The van der Waals surface area contributed by atoms with Crippen LogP contribution in [-0.4, -0.2) is 43.7 Å². The van der Waals surface area contributed by atoms with E-state index in [1.54, 1.807) is 0 Å². The topological polar surface area (TPSA) is 12.5 Å². The minimum atomic E-state index is -2.89. The monoisotopic (exact) mass is 438 g/mol. The molecule has 0 aliphatic carbocycles. The van der Waals surface area contributed by atoms with Crippen LogP contribution in [-0.2, 0) is 4.74 Å². The quantitative estimate of drug-likeness (QED) is 0.509. The molecule has 0 amide bonds. The van der Waals surface area contributed by atoms with Gasteiger partial charge < -0.3 is 0 Å². The predicted octanol–water partition coefficient (Wildman–Crippen LogP) is 4.12. The zero-order chi connectivity index (χ0) is 20.4. The molecule has 0 aromatic heterocycles. The summed E-state index contributed by atoms with van der Waals surface area (Å²) in [7, 11) is 2.23. The molecule has 149 valence electrons. The van der Waals surface area contributed by atoms with Crippen LogP contribution in [0.5, 0.6) is 0 Å². The summed E-state index contributed by atoms with van der Waals surface area (Å²) in [4.78, 5) is 2.46. The van der Waals surface area contributed by atoms with Crippen molar-refractivity contribution in [3.8, 4) is 21.8 Å². The van der Waals surface area contributed by atoms with E-state index < -0.39 is 13.6 Å². The maximum absolute atomic E-state index is 6.35. The van der Waals surface area contributed by atoms with Crippen molar-refractivity contribution in [2.45, 2.75) is 56.9 Å². The number of likely N-dealkylation sites (tertiary alicyclic amines) is 1. The summed E-state index contributed by atoms with van der Waals surface area (Å²) >= 11 is -2.89. The van der Waals surface area contributed by atoms with Gasteiger partial charge in [-0.25, -0.2) is 0 Å². The van der Waals surface area contributed by atoms with Crippen molar-refractivity contribution in [3.05, 3.63) is 42.7 Å². The average Bonchev–Trinajstić information content (AvgIpc) is 2.66. The summed E-state index contributed by atoms with van der Waals surface area (Å²) in [5.41, 5.74) is -0.166. The Morgan fingerprint density at radius 2 is 1.93 bits per heavy atom. The van der Waals surface area contributed by atoms with Crippen LogP contribution in [0.25, 0.3) is 0 Å². The first kappa shape index (κ1) is 21.1. The van der Waals surface area contributed by atoms with Crippen LogP contribution < -0.4 is 4.35 Å². The van der Waals surface area contributed by atoms with E-state index >= 15 is 0 Å². The van der Waals surface area contributed by atoms with Gasteiger partial charge in [-0.05, 0) is 0 Å². The molecular formula is C25H33AsNO. The summed E-state index contributed by atoms with van der Waals surface area (Å²) in [6.07, 6.45) is 12.3. The molecule has 3 rings (SSSR count). The molecule has 1 radical (unpaired) electrons. The molecule has 1 fully saturated rings. The summed E-state index contributed by atoms with van der Waals surface area (Å²) in [5.74, 6) is 4.38. The molecule has 2 nitrogen and oxygen atoms in total. The average molecular weight is 438 g/mol. The molecule has 1 aromatic carbocycles. The third-order valence-electron chi connectivity index (χ3n) is 6.27. The molecule has 0 bridgehead atoms. The Kier molecular flexibility index (Phi) is 6.34. The number of rotatable bonds is 2. The molecule has 0 saturated carbocycles. The first-order valence-corrected chi connectivity index (χ1v) is 14.2. The van der Waals surface area contributed by atoms with Crippen molar-refractivity contribution in [1.29, 1.82) is 0 Å². The second-order valence-corrected chi connectivity index (χ2v) is 15.5. The zero-order valence-electron chi connectivity index (χ0n) is 17.9. The van der Waals surface area contributed by atoms with E-state index in [1.807, 2.05) is 6.26 Å². The van der Waals surface area contributed by atoms with Crippen molar-refractivity contribution in [3.63, 3.8) is 0 Å². The van der Waals surface area contributed by atoms with Crippen LogP contribution in [0.15, 0.2) is 42.7 Å². The third-order valence-corrected chi connectivity index (χ3v) is 14.1. The van der Waals surface area contributed by atoms with Gasteiger partial charge in [0.1, 0.15) is 0 Å². The zero-order valence-corrected chi connectivity index (χ0v) is 19.7. The number of nitrogens with zero attached hydrogens (tertiary/aromatic N) is 1. The van der Waals surface area contributed by atoms with E-state index in [9.17, 15) is 0 Å². The summed E-state index contributed by atoms with van der Waals surface area (Å²) in [5, 5.41) is 0. The van der Waals surface area contributed by atoms with Gasteiger partial charge >= 0.3 is 174 Å². The van der Waals surface area contributed by atoms with E-state index in [1.165, 1.54) is 4.35 Å². The second-order valence-electron chi connectivity index (χ2n) is 9.03. The number of terminal acetylenes is 1. The summed E-state index contributed by atoms with van der Waals surface area (Å²) in [6, 6.07) is 11.3. The van der Waals surface area contributed by atoms with Crippen LogP contribution in [0, 0.1) is 33.6 Å². The van der Waals surface area contributed by atoms with Gasteiger partial charge in [-0.2, -0.15) is 0 Å². The van der Waals surface area contributed by atoms with Gasteiger partial charge in [0.05, 0.1) is 0 Å². The molecular weight excluding hydrogens is 405 g/mol. The third kappa shape index (κ3) is 4.35. The molecule has 1 aromatic rings. The number of allylic oxidation sites excluding steroid dienone is 1. The summed E-state index contributed by atoms with van der Waals surface area (Å²) < 4.78 is 14.7. The standard InChI is InChI=1S/C25H33AsNO/c1-7-26(23-11-9-8-10-12-23,24-17-21(3)27(6)19-20(24)2)15-13-22-14-16-28-25(4,5)18-22/h1,8-12,14,16,20-22,24H,17-19H2,2-6H3. The molecule has 3 heteroatoms. The van der Waals surface area contributed by atoms with Crippen LogP contribution in [0.3, 0.4) is 0 Å². The van der Waals surface area contributed by atoms with E-state index in [0.29, 0.717) is 16.7 Å². The molecule has 0 spiro atoms.